The number of esters is 1. The minimum atomic E-state index is -1.79. The number of rotatable bonds is 9. The van der Waals surface area contributed by atoms with Crippen LogP contribution in [-0.4, -0.2) is 103 Å². The number of nitrogens with two attached hydrogens (primary N) is 2. The summed E-state index contributed by atoms with van der Waals surface area (Å²) in [5.74, 6) is 4.83. The van der Waals surface area contributed by atoms with E-state index < -0.39 is 69.9 Å². The number of guanidine groups is 1. The number of nitrogens with zero attached hydrogens (tertiary/aromatic N) is 1. The van der Waals surface area contributed by atoms with Gasteiger partial charge >= 0.3 is 5.97 Å². The second kappa shape index (κ2) is 20.2. The summed E-state index contributed by atoms with van der Waals surface area (Å²) in [5.41, 5.74) is 9.66. The first kappa shape index (κ1) is 52.4. The topological polar surface area (TPSA) is 254 Å². The van der Waals surface area contributed by atoms with E-state index in [4.69, 9.17) is 16.2 Å². The van der Waals surface area contributed by atoms with Crippen LogP contribution in [0, 0.1) is 93.7 Å². The fourth-order valence-electron chi connectivity index (χ4n) is 18.6. The van der Waals surface area contributed by atoms with Crippen molar-refractivity contribution in [2.24, 2.45) is 98.3 Å². The molecule has 0 bridgehead atoms. The normalized spacial score (nSPS) is 44.9. The molecule has 10 rings (SSSR count). The number of ether oxygens (including phenoxy) is 1. The lowest BCUT2D eigenvalue weighted by Crippen LogP contribution is -2.67. The van der Waals surface area contributed by atoms with Crippen molar-refractivity contribution in [3.63, 3.8) is 0 Å². The molecule has 1 saturated heterocycles. The van der Waals surface area contributed by atoms with E-state index in [0.717, 1.165) is 69.8 Å². The number of allylic oxidation sites excluding steroid dienone is 3. The van der Waals surface area contributed by atoms with Gasteiger partial charge in [0.2, 0.25) is 0 Å². The SMILES string of the molecule is CC(=O)CNC1=C2C(CCC3(CCN=C(N)N)C4C(CC#CC(C5COC(=O)C5c5cc[nH]c5)CC5C6CC(C)CCC6=CCC5C(C)CC(O)C4(C)O)CC23O)C2(C3CCCCC3)CC(O)C(O)CC2C1=O. The van der Waals surface area contributed by atoms with Gasteiger partial charge < -0.3 is 52.0 Å². The van der Waals surface area contributed by atoms with Crippen molar-refractivity contribution in [1.29, 1.82) is 0 Å². The van der Waals surface area contributed by atoms with Crippen molar-refractivity contribution in [3.05, 3.63) is 46.9 Å². The number of aliphatic hydroxyl groups excluding tert-OH is 3. The predicted molar refractivity (Wildman–Crippen MR) is 277 cm³/mol. The van der Waals surface area contributed by atoms with Crippen molar-refractivity contribution in [1.82, 2.24) is 10.3 Å². The first-order valence-electron chi connectivity index (χ1n) is 28.3. The van der Waals surface area contributed by atoms with Crippen LogP contribution in [-0.2, 0) is 19.1 Å². The third kappa shape index (κ3) is 8.84. The van der Waals surface area contributed by atoms with Crippen LogP contribution < -0.4 is 16.8 Å². The molecule has 0 amide bonds. The summed E-state index contributed by atoms with van der Waals surface area (Å²) in [4.78, 5) is 50.0. The molecular formula is C59H85N5O9. The van der Waals surface area contributed by atoms with Gasteiger partial charge in [-0.2, -0.15) is 0 Å². The van der Waals surface area contributed by atoms with Crippen molar-refractivity contribution < 1.29 is 44.7 Å². The zero-order valence-corrected chi connectivity index (χ0v) is 43.9. The molecule has 9 aliphatic rings. The number of aliphatic hydroxyl groups is 5. The molecule has 2 heterocycles. The van der Waals surface area contributed by atoms with E-state index in [1.165, 1.54) is 12.5 Å². The number of hydrogen-bond donors (Lipinski definition) is 9. The Morgan fingerprint density at radius 1 is 0.959 bits per heavy atom. The van der Waals surface area contributed by atoms with Crippen molar-refractivity contribution in [3.8, 4) is 11.8 Å². The van der Waals surface area contributed by atoms with Gasteiger partial charge in [-0.1, -0.05) is 50.7 Å². The average Bonchev–Trinajstić information content (AvgIpc) is 4.08. The number of fused-ring (bicyclic) bond motifs is 10. The number of H-pyrrole nitrogens is 1. The van der Waals surface area contributed by atoms with Crippen LogP contribution in [0.25, 0.3) is 0 Å². The first-order valence-corrected chi connectivity index (χ1v) is 28.3. The van der Waals surface area contributed by atoms with E-state index in [-0.39, 0.29) is 117 Å². The Kier molecular flexibility index (Phi) is 14.5. The van der Waals surface area contributed by atoms with Crippen LogP contribution in [0.15, 0.2) is 46.4 Å². The molecule has 400 valence electrons. The molecule has 5 saturated carbocycles. The number of carbonyl (C=O) groups is 3. The molecule has 19 atom stereocenters. The Hall–Kier alpha value is -4.00. The van der Waals surface area contributed by atoms with Gasteiger partial charge in [-0.3, -0.25) is 19.4 Å². The standard InChI is InChI=1S/C59H85N5O9/c1-32-13-14-35-15-16-40-33(2)24-48(68)56(4,71)53-37(10-8-9-36(25-42(40)41(35)23-32)43-31-73-54(70)49(43)38-18-21-62-30-38)27-59(72)50-44(17-19-57(53,59)20-22-63-55(60)61)58(39-11-6-5-7-12-39)28-47(67)46(66)26-45(58)52(69)51(50)64-29-34(3)65/h15,18,21,30,32-33,36-37,39-49,53,62,64,66-68,71-72H,5-7,10-14,16-17,19-20,22-29,31H2,1-4H3,(H4,60,61,63). The molecule has 1 aromatic rings. The lowest BCUT2D eigenvalue weighted by Gasteiger charge is -2.65. The van der Waals surface area contributed by atoms with Gasteiger partial charge in [-0.25, -0.2) is 0 Å². The smallest absolute Gasteiger partial charge is 0.313 e. The molecule has 0 radical (unpaired) electrons. The number of hydrogen-bond acceptors (Lipinski definition) is 11. The van der Waals surface area contributed by atoms with Crippen LogP contribution >= 0.6 is 0 Å². The van der Waals surface area contributed by atoms with E-state index in [1.807, 2.05) is 18.5 Å². The summed E-state index contributed by atoms with van der Waals surface area (Å²) < 4.78 is 5.94. The number of ketones is 2. The Morgan fingerprint density at radius 2 is 1.74 bits per heavy atom. The number of carbonyl (C=O) groups excluding carboxylic acids is 3. The molecule has 73 heavy (non-hydrogen) atoms. The summed E-state index contributed by atoms with van der Waals surface area (Å²) in [6.45, 7) is 8.00. The van der Waals surface area contributed by atoms with E-state index >= 15 is 4.79 Å². The quantitative estimate of drug-likeness (QED) is 0.0457. The third-order valence-electron chi connectivity index (χ3n) is 21.7. The van der Waals surface area contributed by atoms with Crippen LogP contribution in [0.4, 0.5) is 0 Å². The lowest BCUT2D eigenvalue weighted by molar-refractivity contribution is -0.198. The minimum absolute atomic E-state index is 0.0220. The maximum atomic E-state index is 15.7. The Morgan fingerprint density at radius 3 is 2.47 bits per heavy atom. The lowest BCUT2D eigenvalue weighted by atomic mass is 9.40. The summed E-state index contributed by atoms with van der Waals surface area (Å²) in [6.07, 6.45) is 14.6. The molecule has 0 aromatic carbocycles. The molecule has 1 aromatic heterocycles. The van der Waals surface area contributed by atoms with Gasteiger partial charge in [-0.05, 0) is 174 Å². The molecule has 1 aliphatic heterocycles. The monoisotopic (exact) mass is 1010 g/mol. The van der Waals surface area contributed by atoms with Gasteiger partial charge in [0.15, 0.2) is 11.7 Å². The van der Waals surface area contributed by atoms with Crippen molar-refractivity contribution in [2.75, 3.05) is 19.7 Å². The second-order valence-electron chi connectivity index (χ2n) is 25.5. The van der Waals surface area contributed by atoms with E-state index in [9.17, 15) is 35.1 Å². The van der Waals surface area contributed by atoms with Crippen LogP contribution in [0.3, 0.4) is 0 Å². The van der Waals surface area contributed by atoms with Crippen LogP contribution in [0.5, 0.6) is 0 Å². The molecular weight excluding hydrogens is 923 g/mol. The Balaban J connectivity index is 1.15. The highest BCUT2D eigenvalue weighted by molar-refractivity contribution is 6.00. The summed E-state index contributed by atoms with van der Waals surface area (Å²) in [7, 11) is 0. The zero-order valence-electron chi connectivity index (χ0n) is 43.9. The average molecular weight is 1010 g/mol. The predicted octanol–water partition coefficient (Wildman–Crippen LogP) is 5.96. The number of aromatic nitrogens is 1. The van der Waals surface area contributed by atoms with E-state index in [2.05, 4.69) is 47.1 Å². The summed E-state index contributed by atoms with van der Waals surface area (Å²) in [6, 6.07) is 1.96. The Labute approximate surface area is 432 Å². The van der Waals surface area contributed by atoms with Gasteiger partial charge in [0.25, 0.3) is 0 Å². The van der Waals surface area contributed by atoms with E-state index in [1.54, 1.807) is 6.92 Å². The van der Waals surface area contributed by atoms with Gasteiger partial charge in [0, 0.05) is 54.4 Å². The summed E-state index contributed by atoms with van der Waals surface area (Å²) in [5, 5.41) is 67.6. The molecule has 14 nitrogen and oxygen atoms in total. The van der Waals surface area contributed by atoms with Crippen LogP contribution in [0.1, 0.15) is 155 Å². The number of nitrogens with one attached hydrogen (secondary N) is 2. The fourth-order valence-corrected chi connectivity index (χ4v) is 18.6. The maximum Gasteiger partial charge on any atom is 0.313 e. The molecule has 6 fully saturated rings. The van der Waals surface area contributed by atoms with Crippen molar-refractivity contribution >= 4 is 23.5 Å². The summed E-state index contributed by atoms with van der Waals surface area (Å²) >= 11 is 0. The first-order chi connectivity index (χ1) is 34.8. The second-order valence-corrected chi connectivity index (χ2v) is 25.5. The minimum Gasteiger partial charge on any atom is -0.465 e. The number of aromatic amines is 1. The third-order valence-corrected chi connectivity index (χ3v) is 21.7. The van der Waals surface area contributed by atoms with E-state index in [0.29, 0.717) is 36.7 Å². The fraction of sp³-hybridized carbons (Fsp3) is 0.763. The van der Waals surface area contributed by atoms with Gasteiger partial charge in [0.1, 0.15) is 5.78 Å². The molecule has 0 spiro atoms. The highest BCUT2D eigenvalue weighted by atomic mass is 16.5. The van der Waals surface area contributed by atoms with Crippen molar-refractivity contribution in [2.45, 2.75) is 179 Å². The Bertz CT molecular complexity index is 2410. The molecule has 8 aliphatic carbocycles. The highest BCUT2D eigenvalue weighted by Gasteiger charge is 2.75. The maximum absolute atomic E-state index is 15.7. The van der Waals surface area contributed by atoms with Crippen LogP contribution in [0.2, 0.25) is 0 Å². The van der Waals surface area contributed by atoms with Gasteiger partial charge in [0.05, 0.1) is 54.3 Å². The van der Waals surface area contributed by atoms with Gasteiger partial charge in [-0.15, -0.1) is 5.92 Å². The number of aliphatic imine (C=N–C) groups is 1. The molecule has 19 unspecified atom stereocenters. The number of Topliss-reactive ketones (excluding diaryl/α,β-unsaturated/α-hetero) is 2. The zero-order chi connectivity index (χ0) is 51.8. The largest absolute Gasteiger partial charge is 0.465 e. The number of cyclic esters (lactones) is 1. The highest BCUT2D eigenvalue weighted by Crippen LogP contribution is 2.74. The molecule has 11 N–H and O–H groups in total. The molecule has 14 heteroatoms.